The minimum absolute atomic E-state index is 0.491. The number of fused-ring (bicyclic) bond motifs is 4. The fourth-order valence-electron chi connectivity index (χ4n) is 10.2. The molecule has 4 atom stereocenters. The van der Waals surface area contributed by atoms with Crippen LogP contribution in [0.4, 0.5) is 25.2 Å². The van der Waals surface area contributed by atoms with Gasteiger partial charge in [-0.2, -0.15) is 0 Å². The molecule has 0 N–H and O–H groups in total. The monoisotopic (exact) mass is 1280 g/mol. The Hall–Kier alpha value is -5.68. The smallest absolute Gasteiger partial charge is 0.0104 e. The van der Waals surface area contributed by atoms with Crippen LogP contribution in [0, 0.1) is 0 Å². The number of benzene rings is 12. The van der Waals surface area contributed by atoms with Crippen LogP contribution in [0.3, 0.4) is 0 Å². The maximum absolute atomic E-state index is 10.7. The minimum atomic E-state index is -10.7. The first-order valence-electron chi connectivity index (χ1n) is 26.1. The summed E-state index contributed by atoms with van der Waals surface area (Å²) in [6.45, 7) is 0. The standard InChI is InChI=1S/2C34H28P2.ClH.F6P.Ru/c2*1-3-17-29(18-4-1)35(33-23-11-15-27-13-7-9-21-31(27)33)25-26-36(30-19-5-2-6-20-30)34-24-12-16-28-14-8-10-22-32(28)34;;1-7(2,3,4,5)6;/h2*1-24H,25-26H2;1H;;/q;;;-1;+2/p-1/t35-,36+;35-,36-;;;/m.1.../s1. The van der Waals surface area contributed by atoms with Crippen molar-refractivity contribution in [2.45, 2.75) is 0 Å². The van der Waals surface area contributed by atoms with E-state index < -0.39 is 39.5 Å². The van der Waals surface area contributed by atoms with Crippen molar-refractivity contribution < 1.29 is 42.5 Å². The van der Waals surface area contributed by atoms with Crippen molar-refractivity contribution in [2.24, 2.45) is 0 Å². The van der Waals surface area contributed by atoms with Crippen molar-refractivity contribution in [1.29, 1.82) is 0 Å². The van der Waals surface area contributed by atoms with Gasteiger partial charge in [0.1, 0.15) is 0 Å². The Kier molecular flexibility index (Phi) is 20.1. The second-order valence-electron chi connectivity index (χ2n) is 18.9. The van der Waals surface area contributed by atoms with Crippen LogP contribution in [0.1, 0.15) is 0 Å². The van der Waals surface area contributed by atoms with Gasteiger partial charge in [0, 0.05) is 0 Å². The molecule has 0 aromatic heterocycles. The molecule has 0 spiro atoms. The van der Waals surface area contributed by atoms with Crippen LogP contribution in [0.25, 0.3) is 43.1 Å². The van der Waals surface area contributed by atoms with Crippen LogP contribution in [-0.2, 0) is 17.3 Å². The van der Waals surface area contributed by atoms with Crippen LogP contribution >= 0.6 is 49.2 Å². The Labute approximate surface area is 489 Å². The van der Waals surface area contributed by atoms with E-state index in [2.05, 4.69) is 301 Å². The van der Waals surface area contributed by atoms with Crippen LogP contribution in [-0.4, -0.2) is 24.6 Å². The molecule has 0 fully saturated rings. The molecule has 0 aliphatic carbocycles. The van der Waals surface area contributed by atoms with Gasteiger partial charge in [-0.1, -0.05) is 291 Å². The molecule has 13 heteroatoms. The van der Waals surface area contributed by atoms with E-state index in [1.165, 1.54) is 85.5 Å². The summed E-state index contributed by atoms with van der Waals surface area (Å²) >= 11 is 1.82. The third-order valence-corrected chi connectivity index (χ3v) is 24.6. The molecule has 0 saturated heterocycles. The van der Waals surface area contributed by atoms with Crippen molar-refractivity contribution in [3.63, 3.8) is 0 Å². The summed E-state index contributed by atoms with van der Waals surface area (Å²) in [7, 11) is -8.05. The summed E-state index contributed by atoms with van der Waals surface area (Å²) < 4.78 is 59.2. The van der Waals surface area contributed by atoms with Crippen molar-refractivity contribution in [3.8, 4) is 0 Å². The maximum Gasteiger partial charge on any atom is -0.0104 e. The van der Waals surface area contributed by atoms with Gasteiger partial charge in [-0.05, 0) is 142 Å². The van der Waals surface area contributed by atoms with E-state index in [4.69, 9.17) is 0 Å². The zero-order valence-electron chi connectivity index (χ0n) is 43.8. The van der Waals surface area contributed by atoms with Crippen LogP contribution < -0.4 is 42.4 Å². The predicted octanol–water partition coefficient (Wildman–Crippen LogP) is 19.2. The molecular weight excluding hydrogens is 1220 g/mol. The first-order chi connectivity index (χ1) is 39.2. The normalized spacial score (nSPS) is 13.6. The quantitative estimate of drug-likeness (QED) is 0.0578. The molecule has 0 nitrogen and oxygen atoms in total. The van der Waals surface area contributed by atoms with E-state index in [-0.39, 0.29) is 0 Å². The largest absolute Gasteiger partial charge is 0.0622 e. The van der Waals surface area contributed by atoms with E-state index in [1.807, 2.05) is 17.3 Å². The molecule has 0 bridgehead atoms. The van der Waals surface area contributed by atoms with Crippen LogP contribution in [0.15, 0.2) is 291 Å². The molecule has 81 heavy (non-hydrogen) atoms. The molecule has 0 saturated carbocycles. The van der Waals surface area contributed by atoms with Gasteiger partial charge in [-0.3, -0.25) is 0 Å². The second-order valence-corrected chi connectivity index (χ2v) is 30.0. The Morgan fingerprint density at radius 3 is 0.593 bits per heavy atom. The van der Waals surface area contributed by atoms with Gasteiger partial charge in [0.25, 0.3) is 0 Å². The van der Waals surface area contributed by atoms with Gasteiger partial charge in [0.15, 0.2) is 0 Å². The zero-order chi connectivity index (χ0) is 56.7. The fraction of sp³-hybridized carbons (Fsp3) is 0.0588. The molecule has 12 aromatic carbocycles. The van der Waals surface area contributed by atoms with E-state index in [0.717, 1.165) is 24.6 Å². The van der Waals surface area contributed by atoms with Gasteiger partial charge < -0.3 is 0 Å². The predicted molar refractivity (Wildman–Crippen MR) is 345 cm³/mol. The molecule has 12 aromatic rings. The van der Waals surface area contributed by atoms with Crippen molar-refractivity contribution in [3.05, 3.63) is 291 Å². The van der Waals surface area contributed by atoms with Crippen LogP contribution in [0.2, 0.25) is 0 Å². The third-order valence-electron chi connectivity index (χ3n) is 13.6. The van der Waals surface area contributed by atoms with E-state index in [9.17, 15) is 25.2 Å². The molecular formula is C68H56ClF6P5Ru. The maximum atomic E-state index is 9.87. The Morgan fingerprint density at radius 1 is 0.235 bits per heavy atom. The van der Waals surface area contributed by atoms with Gasteiger partial charge in [0.2, 0.25) is 0 Å². The van der Waals surface area contributed by atoms with Gasteiger partial charge in [-0.25, -0.2) is 0 Å². The van der Waals surface area contributed by atoms with Gasteiger partial charge in [-0.15, -0.1) is 0 Å². The number of hydrogen-bond donors (Lipinski definition) is 0. The molecule has 0 aliphatic rings. The molecule has 0 radical (unpaired) electrons. The summed E-state index contributed by atoms with van der Waals surface area (Å²) in [5.74, 6) is 0. The third kappa shape index (κ3) is 16.8. The molecule has 410 valence electrons. The number of halogens is 7. The van der Waals surface area contributed by atoms with Gasteiger partial charge in [0.05, 0.1) is 0 Å². The summed E-state index contributed by atoms with van der Waals surface area (Å²) in [6.07, 6.45) is 4.66. The Balaban J connectivity index is 0.000000171. The Bertz CT molecular complexity index is 3440. The van der Waals surface area contributed by atoms with E-state index >= 15 is 0 Å². The molecule has 0 heterocycles. The van der Waals surface area contributed by atoms with Gasteiger partial charge >= 0.3 is 60.0 Å². The van der Waals surface area contributed by atoms with Crippen molar-refractivity contribution in [1.82, 2.24) is 0 Å². The number of hydrogen-bond acceptors (Lipinski definition) is 0. The zero-order valence-corrected chi connectivity index (χ0v) is 50.7. The van der Waals surface area contributed by atoms with Crippen LogP contribution in [0.5, 0.6) is 0 Å². The average Bonchev–Trinajstić information content (AvgIpc) is 3.64. The molecule has 0 amide bonds. The molecule has 0 unspecified atom stereocenters. The fourth-order valence-corrected chi connectivity index (χ4v) is 21.6. The summed E-state index contributed by atoms with van der Waals surface area (Å²) in [6, 6.07) is 108. The summed E-state index contributed by atoms with van der Waals surface area (Å²) in [5.41, 5.74) is 0. The van der Waals surface area contributed by atoms with E-state index in [1.54, 1.807) is 0 Å². The SMILES string of the molecule is F[P-](F)(F)(F)(F)F.[Cl][Ru+].c1ccc([P@@](CC[P@@](c2ccccc2)c2cccc3ccccc23)c2cccc3ccccc23)cc1.c1ccc([P@@](CC[P@](c2ccccc2)c2cccc3ccccc23)c2cccc3ccccc23)cc1. The summed E-state index contributed by atoms with van der Waals surface area (Å²) in [5, 5.41) is 22.7. The summed E-state index contributed by atoms with van der Waals surface area (Å²) in [4.78, 5) is 0. The first-order valence-corrected chi connectivity index (χ1v) is 36.5. The number of rotatable bonds is 14. The van der Waals surface area contributed by atoms with E-state index in [0.29, 0.717) is 0 Å². The molecule has 12 rings (SSSR count). The Morgan fingerprint density at radius 2 is 0.395 bits per heavy atom. The minimum Gasteiger partial charge on any atom is -0.0622 e. The second kappa shape index (κ2) is 27.1. The topological polar surface area (TPSA) is 0 Å². The van der Waals surface area contributed by atoms with Crippen molar-refractivity contribution >= 4 is 135 Å². The van der Waals surface area contributed by atoms with Crippen molar-refractivity contribution in [2.75, 3.05) is 24.6 Å². The molecule has 0 aliphatic heterocycles. The average molecular weight is 1280 g/mol. The first kappa shape index (κ1) is 59.9.